The van der Waals surface area contributed by atoms with Crippen LogP contribution < -0.4 is 4.90 Å². The van der Waals surface area contributed by atoms with E-state index in [1.807, 2.05) is 30.0 Å². The molecule has 0 aromatic carbocycles. The van der Waals surface area contributed by atoms with Gasteiger partial charge in [-0.2, -0.15) is 0 Å². The fourth-order valence-corrected chi connectivity index (χ4v) is 2.90. The summed E-state index contributed by atoms with van der Waals surface area (Å²) >= 11 is 0. The second-order valence-corrected chi connectivity index (χ2v) is 5.68. The van der Waals surface area contributed by atoms with Crippen molar-refractivity contribution in [2.75, 3.05) is 11.4 Å². The van der Waals surface area contributed by atoms with Gasteiger partial charge in [-0.15, -0.1) is 0 Å². The van der Waals surface area contributed by atoms with Crippen molar-refractivity contribution in [2.45, 2.75) is 38.6 Å². The van der Waals surface area contributed by atoms with Gasteiger partial charge in [0, 0.05) is 36.3 Å². The average molecular weight is 312 g/mol. The van der Waals surface area contributed by atoms with Crippen molar-refractivity contribution in [1.29, 1.82) is 0 Å². The zero-order valence-electron chi connectivity index (χ0n) is 13.1. The van der Waals surface area contributed by atoms with Crippen molar-refractivity contribution in [2.24, 2.45) is 0 Å². The molecule has 3 rings (SSSR count). The van der Waals surface area contributed by atoms with Crippen LogP contribution in [0.3, 0.4) is 0 Å². The van der Waals surface area contributed by atoms with Gasteiger partial charge in [0.05, 0.1) is 0 Å². The Bertz CT molecular complexity index is 690. The van der Waals surface area contributed by atoms with Crippen LogP contribution in [0.5, 0.6) is 0 Å². The second kappa shape index (κ2) is 6.73. The van der Waals surface area contributed by atoms with E-state index in [1.54, 1.807) is 12.4 Å². The summed E-state index contributed by atoms with van der Waals surface area (Å²) in [6.45, 7) is 2.74. The van der Waals surface area contributed by atoms with Crippen molar-refractivity contribution >= 4 is 11.8 Å². The summed E-state index contributed by atoms with van der Waals surface area (Å²) in [5.41, 5.74) is 1.75. The quantitative estimate of drug-likeness (QED) is 0.934. The van der Waals surface area contributed by atoms with Crippen LogP contribution in [0.2, 0.25) is 0 Å². The van der Waals surface area contributed by atoms with E-state index in [0.29, 0.717) is 24.6 Å². The smallest absolute Gasteiger partial charge is 0.326 e. The van der Waals surface area contributed by atoms with Gasteiger partial charge in [-0.05, 0) is 37.8 Å². The van der Waals surface area contributed by atoms with Crippen LogP contribution in [-0.2, 0) is 11.2 Å². The SMILES string of the molecule is CCc1cc(N2CCCCC2C(=O)O)nc(-c2cccnc2)n1. The average Bonchev–Trinajstić information content (AvgIpc) is 2.62. The molecule has 2 aromatic rings. The molecule has 6 heteroatoms. The minimum atomic E-state index is -0.788. The van der Waals surface area contributed by atoms with E-state index in [-0.39, 0.29) is 0 Å². The molecule has 0 spiro atoms. The standard InChI is InChI=1S/C17H20N4O2/c1-2-13-10-15(21-9-4-3-7-14(21)17(22)23)20-16(19-13)12-6-5-8-18-11-12/h5-6,8,10-11,14H,2-4,7,9H2,1H3,(H,22,23). The monoisotopic (exact) mass is 312 g/mol. The lowest BCUT2D eigenvalue weighted by Gasteiger charge is -2.34. The number of aromatic nitrogens is 3. The Hall–Kier alpha value is -2.50. The molecule has 3 heterocycles. The zero-order valence-corrected chi connectivity index (χ0v) is 13.1. The number of carbonyl (C=O) groups is 1. The van der Waals surface area contributed by atoms with Crippen LogP contribution in [-0.4, -0.2) is 38.6 Å². The maximum Gasteiger partial charge on any atom is 0.326 e. The van der Waals surface area contributed by atoms with Crippen LogP contribution in [0.1, 0.15) is 31.9 Å². The van der Waals surface area contributed by atoms with E-state index < -0.39 is 12.0 Å². The Morgan fingerprint density at radius 3 is 2.96 bits per heavy atom. The number of pyridine rings is 1. The summed E-state index contributed by atoms with van der Waals surface area (Å²) < 4.78 is 0. The molecule has 1 aliphatic heterocycles. The molecule has 1 saturated heterocycles. The molecule has 1 fully saturated rings. The van der Waals surface area contributed by atoms with Crippen LogP contribution in [0.25, 0.3) is 11.4 Å². The van der Waals surface area contributed by atoms with Crippen LogP contribution in [0, 0.1) is 0 Å². The molecule has 0 amide bonds. The highest BCUT2D eigenvalue weighted by Crippen LogP contribution is 2.26. The molecule has 2 aromatic heterocycles. The first kappa shape index (κ1) is 15.4. The van der Waals surface area contributed by atoms with Crippen LogP contribution >= 0.6 is 0 Å². The molecule has 23 heavy (non-hydrogen) atoms. The van der Waals surface area contributed by atoms with Gasteiger partial charge in [0.1, 0.15) is 11.9 Å². The molecule has 0 saturated carbocycles. The number of aliphatic carboxylic acids is 1. The topological polar surface area (TPSA) is 79.2 Å². The molecule has 1 atom stereocenters. The molecule has 6 nitrogen and oxygen atoms in total. The van der Waals surface area contributed by atoms with E-state index in [4.69, 9.17) is 0 Å². The Morgan fingerprint density at radius 1 is 1.39 bits per heavy atom. The highest BCUT2D eigenvalue weighted by molar-refractivity contribution is 5.78. The van der Waals surface area contributed by atoms with E-state index in [2.05, 4.69) is 15.0 Å². The minimum absolute atomic E-state index is 0.509. The van der Waals surface area contributed by atoms with Crippen molar-refractivity contribution < 1.29 is 9.90 Å². The van der Waals surface area contributed by atoms with Crippen molar-refractivity contribution in [1.82, 2.24) is 15.0 Å². The number of carboxylic acid groups (broad SMARTS) is 1. The molecular weight excluding hydrogens is 292 g/mol. The maximum atomic E-state index is 11.6. The van der Waals surface area contributed by atoms with Gasteiger partial charge in [-0.1, -0.05) is 6.92 Å². The number of aryl methyl sites for hydroxylation is 1. The minimum Gasteiger partial charge on any atom is -0.480 e. The third kappa shape index (κ3) is 3.31. The van der Waals surface area contributed by atoms with Gasteiger partial charge in [-0.25, -0.2) is 14.8 Å². The molecule has 1 aliphatic rings. The number of rotatable bonds is 4. The van der Waals surface area contributed by atoms with E-state index in [9.17, 15) is 9.90 Å². The lowest BCUT2D eigenvalue weighted by Crippen LogP contribution is -2.45. The van der Waals surface area contributed by atoms with Gasteiger partial charge >= 0.3 is 5.97 Å². The van der Waals surface area contributed by atoms with E-state index >= 15 is 0 Å². The van der Waals surface area contributed by atoms with Gasteiger partial charge in [0.2, 0.25) is 0 Å². The predicted molar refractivity (Wildman–Crippen MR) is 87.3 cm³/mol. The lowest BCUT2D eigenvalue weighted by atomic mass is 10.0. The largest absolute Gasteiger partial charge is 0.480 e. The normalized spacial score (nSPS) is 18.0. The van der Waals surface area contributed by atoms with Gasteiger partial charge < -0.3 is 10.0 Å². The number of nitrogens with zero attached hydrogens (tertiary/aromatic N) is 4. The third-order valence-corrected chi connectivity index (χ3v) is 4.13. The first-order chi connectivity index (χ1) is 11.2. The number of carboxylic acids is 1. The summed E-state index contributed by atoms with van der Waals surface area (Å²) in [6.07, 6.45) is 6.78. The molecule has 0 aliphatic carbocycles. The first-order valence-electron chi connectivity index (χ1n) is 7.97. The summed E-state index contributed by atoms with van der Waals surface area (Å²) in [5, 5.41) is 9.49. The van der Waals surface area contributed by atoms with Gasteiger partial charge in [0.25, 0.3) is 0 Å². The Kier molecular flexibility index (Phi) is 4.50. The van der Waals surface area contributed by atoms with E-state index in [0.717, 1.165) is 30.5 Å². The van der Waals surface area contributed by atoms with Gasteiger partial charge in [0.15, 0.2) is 5.82 Å². The fraction of sp³-hybridized carbons (Fsp3) is 0.412. The van der Waals surface area contributed by atoms with E-state index in [1.165, 1.54) is 0 Å². The molecular formula is C17H20N4O2. The third-order valence-electron chi connectivity index (χ3n) is 4.13. The van der Waals surface area contributed by atoms with Crippen LogP contribution in [0.4, 0.5) is 5.82 Å². The summed E-state index contributed by atoms with van der Waals surface area (Å²) in [7, 11) is 0. The van der Waals surface area contributed by atoms with Crippen molar-refractivity contribution in [3.05, 3.63) is 36.3 Å². The Labute approximate surface area is 135 Å². The molecule has 1 unspecified atom stereocenters. The maximum absolute atomic E-state index is 11.6. The molecule has 120 valence electrons. The van der Waals surface area contributed by atoms with Crippen molar-refractivity contribution in [3.8, 4) is 11.4 Å². The number of piperidine rings is 1. The second-order valence-electron chi connectivity index (χ2n) is 5.68. The fourth-order valence-electron chi connectivity index (χ4n) is 2.90. The summed E-state index contributed by atoms with van der Waals surface area (Å²) in [6, 6.07) is 5.15. The number of anilines is 1. The molecule has 1 N–H and O–H groups in total. The Balaban J connectivity index is 2.03. The number of hydrogen-bond donors (Lipinski definition) is 1. The first-order valence-corrected chi connectivity index (χ1v) is 7.97. The summed E-state index contributed by atoms with van der Waals surface area (Å²) in [5.74, 6) is 0.509. The Morgan fingerprint density at radius 2 is 2.26 bits per heavy atom. The molecule has 0 radical (unpaired) electrons. The number of hydrogen-bond acceptors (Lipinski definition) is 5. The lowest BCUT2D eigenvalue weighted by molar-refractivity contribution is -0.139. The summed E-state index contributed by atoms with van der Waals surface area (Å²) in [4.78, 5) is 26.7. The highest BCUT2D eigenvalue weighted by Gasteiger charge is 2.29. The highest BCUT2D eigenvalue weighted by atomic mass is 16.4. The van der Waals surface area contributed by atoms with Crippen molar-refractivity contribution in [3.63, 3.8) is 0 Å². The predicted octanol–water partition coefficient (Wildman–Crippen LogP) is 2.54. The van der Waals surface area contributed by atoms with Crippen LogP contribution in [0.15, 0.2) is 30.6 Å². The van der Waals surface area contributed by atoms with Gasteiger partial charge in [-0.3, -0.25) is 4.98 Å². The molecule has 0 bridgehead atoms. The zero-order chi connectivity index (χ0) is 16.2.